The first-order chi connectivity index (χ1) is 6.99. The fourth-order valence-corrected chi connectivity index (χ4v) is 2.17. The summed E-state index contributed by atoms with van der Waals surface area (Å²) in [5, 5.41) is 0. The molecule has 0 N–H and O–H groups in total. The first kappa shape index (κ1) is 12.0. The number of carbonyl (C=O) groups excluding carboxylic acids is 2. The van der Waals surface area contributed by atoms with Crippen molar-refractivity contribution in [3.63, 3.8) is 0 Å². The van der Waals surface area contributed by atoms with Crippen LogP contribution >= 0.6 is 0 Å². The third-order valence-corrected chi connectivity index (χ3v) is 3.12. The summed E-state index contributed by atoms with van der Waals surface area (Å²) < 4.78 is 4.63. The highest BCUT2D eigenvalue weighted by Gasteiger charge is 2.34. The summed E-state index contributed by atoms with van der Waals surface area (Å²) in [5.41, 5.74) is 1.11. The Kier molecular flexibility index (Phi) is 3.66. The summed E-state index contributed by atoms with van der Waals surface area (Å²) >= 11 is 0. The summed E-state index contributed by atoms with van der Waals surface area (Å²) in [6.45, 7) is 4.21. The van der Waals surface area contributed by atoms with Crippen molar-refractivity contribution < 1.29 is 14.3 Å². The number of allylic oxidation sites excluding steroid dienone is 1. The summed E-state index contributed by atoms with van der Waals surface area (Å²) in [6.07, 6.45) is 4.82. The molecule has 3 nitrogen and oxygen atoms in total. The first-order valence-corrected chi connectivity index (χ1v) is 5.20. The molecule has 1 rings (SSSR count). The van der Waals surface area contributed by atoms with E-state index in [4.69, 9.17) is 0 Å². The molecule has 0 aliphatic heterocycles. The predicted octanol–water partition coefficient (Wildman–Crippen LogP) is 2.11. The molecule has 1 atom stereocenters. The van der Waals surface area contributed by atoms with Gasteiger partial charge in [0, 0.05) is 6.42 Å². The topological polar surface area (TPSA) is 43.4 Å². The molecule has 3 heteroatoms. The van der Waals surface area contributed by atoms with Gasteiger partial charge in [0.1, 0.15) is 6.29 Å². The van der Waals surface area contributed by atoms with Crippen molar-refractivity contribution in [2.24, 2.45) is 11.3 Å². The van der Waals surface area contributed by atoms with Crippen LogP contribution < -0.4 is 0 Å². The lowest BCUT2D eigenvalue weighted by Crippen LogP contribution is -2.17. The zero-order valence-corrected chi connectivity index (χ0v) is 9.58. The fraction of sp³-hybridized carbons (Fsp3) is 0.667. The van der Waals surface area contributed by atoms with Crippen molar-refractivity contribution in [1.82, 2.24) is 0 Å². The molecule has 0 aromatic carbocycles. The van der Waals surface area contributed by atoms with Gasteiger partial charge in [0.05, 0.1) is 13.5 Å². The van der Waals surface area contributed by atoms with E-state index in [2.05, 4.69) is 24.7 Å². The second-order valence-electron chi connectivity index (χ2n) is 4.68. The molecule has 0 heterocycles. The van der Waals surface area contributed by atoms with Crippen molar-refractivity contribution in [3.05, 3.63) is 11.6 Å². The van der Waals surface area contributed by atoms with Gasteiger partial charge >= 0.3 is 5.97 Å². The number of ether oxygens (including phenoxy) is 1. The number of hydrogen-bond donors (Lipinski definition) is 0. The molecule has 0 amide bonds. The Labute approximate surface area is 90.5 Å². The number of methoxy groups -OCH3 is 1. The van der Waals surface area contributed by atoms with Crippen LogP contribution in [0.25, 0.3) is 0 Å². The summed E-state index contributed by atoms with van der Waals surface area (Å²) in [6, 6.07) is 0. The highest BCUT2D eigenvalue weighted by Crippen LogP contribution is 2.43. The maximum Gasteiger partial charge on any atom is 0.309 e. The van der Waals surface area contributed by atoms with Crippen LogP contribution in [0.4, 0.5) is 0 Å². The van der Waals surface area contributed by atoms with Crippen LogP contribution in [-0.2, 0) is 14.3 Å². The zero-order valence-electron chi connectivity index (χ0n) is 9.58. The largest absolute Gasteiger partial charge is 0.469 e. The Balaban J connectivity index is 2.64. The molecule has 0 bridgehead atoms. The number of carbonyl (C=O) groups is 2. The van der Waals surface area contributed by atoms with Gasteiger partial charge in [-0.2, -0.15) is 0 Å². The number of aldehydes is 1. The molecule has 1 aliphatic rings. The van der Waals surface area contributed by atoms with E-state index in [1.807, 2.05) is 0 Å². The molecule has 84 valence electrons. The summed E-state index contributed by atoms with van der Waals surface area (Å²) in [7, 11) is 1.39. The Hall–Kier alpha value is -1.12. The van der Waals surface area contributed by atoms with Crippen LogP contribution in [0.2, 0.25) is 0 Å². The third kappa shape index (κ3) is 2.91. The molecular weight excluding hydrogens is 192 g/mol. The van der Waals surface area contributed by atoms with Crippen molar-refractivity contribution in [2.75, 3.05) is 7.11 Å². The van der Waals surface area contributed by atoms with E-state index in [1.54, 1.807) is 0 Å². The van der Waals surface area contributed by atoms with E-state index in [0.717, 1.165) is 18.3 Å². The maximum atomic E-state index is 11.1. The molecule has 0 saturated carbocycles. The normalized spacial score (nSPS) is 23.4. The SMILES string of the molecule is COC(=O)CC1=CC(C)(C)[C@@H](CC=O)C1. The Morgan fingerprint density at radius 2 is 2.33 bits per heavy atom. The second kappa shape index (κ2) is 4.60. The summed E-state index contributed by atoms with van der Waals surface area (Å²) in [4.78, 5) is 21.6. The Morgan fingerprint density at radius 1 is 1.67 bits per heavy atom. The van der Waals surface area contributed by atoms with Crippen molar-refractivity contribution in [3.8, 4) is 0 Å². The van der Waals surface area contributed by atoms with Gasteiger partial charge in [-0.15, -0.1) is 0 Å². The lowest BCUT2D eigenvalue weighted by atomic mass is 9.80. The van der Waals surface area contributed by atoms with Gasteiger partial charge in [0.15, 0.2) is 0 Å². The quantitative estimate of drug-likeness (QED) is 0.405. The summed E-state index contributed by atoms with van der Waals surface area (Å²) in [5.74, 6) is 0.124. The molecule has 15 heavy (non-hydrogen) atoms. The predicted molar refractivity (Wildman–Crippen MR) is 57.3 cm³/mol. The lowest BCUT2D eigenvalue weighted by Gasteiger charge is -2.23. The van der Waals surface area contributed by atoms with E-state index in [0.29, 0.717) is 18.8 Å². The lowest BCUT2D eigenvalue weighted by molar-refractivity contribution is -0.139. The van der Waals surface area contributed by atoms with E-state index in [9.17, 15) is 9.59 Å². The fourth-order valence-electron chi connectivity index (χ4n) is 2.17. The van der Waals surface area contributed by atoms with Crippen molar-refractivity contribution in [1.29, 1.82) is 0 Å². The minimum atomic E-state index is -0.205. The molecule has 0 radical (unpaired) electrons. The van der Waals surface area contributed by atoms with Crippen LogP contribution in [0.5, 0.6) is 0 Å². The number of esters is 1. The number of hydrogen-bond acceptors (Lipinski definition) is 3. The van der Waals surface area contributed by atoms with Gasteiger partial charge in [-0.3, -0.25) is 4.79 Å². The van der Waals surface area contributed by atoms with Crippen LogP contribution in [-0.4, -0.2) is 19.4 Å². The van der Waals surface area contributed by atoms with Gasteiger partial charge in [0.2, 0.25) is 0 Å². The average molecular weight is 210 g/mol. The van der Waals surface area contributed by atoms with Gasteiger partial charge in [-0.25, -0.2) is 0 Å². The molecule has 0 unspecified atom stereocenters. The molecule has 0 aromatic heterocycles. The van der Waals surface area contributed by atoms with Crippen molar-refractivity contribution in [2.45, 2.75) is 33.1 Å². The highest BCUT2D eigenvalue weighted by molar-refractivity contribution is 5.72. The van der Waals surface area contributed by atoms with E-state index in [-0.39, 0.29) is 11.4 Å². The first-order valence-electron chi connectivity index (χ1n) is 5.20. The standard InChI is InChI=1S/C12H18O3/c1-12(2)8-9(7-11(14)15-3)6-10(12)4-5-13/h5,8,10H,4,6-7H2,1-3H3/t10-/m0/s1. The molecule has 1 aliphatic carbocycles. The smallest absolute Gasteiger partial charge is 0.309 e. The van der Waals surface area contributed by atoms with E-state index >= 15 is 0 Å². The average Bonchev–Trinajstić information content (AvgIpc) is 2.42. The van der Waals surface area contributed by atoms with Gasteiger partial charge < -0.3 is 9.53 Å². The van der Waals surface area contributed by atoms with Gasteiger partial charge in [-0.1, -0.05) is 25.5 Å². The Bertz CT molecular complexity index is 289. The monoisotopic (exact) mass is 210 g/mol. The molecule has 0 fully saturated rings. The van der Waals surface area contributed by atoms with E-state index < -0.39 is 0 Å². The maximum absolute atomic E-state index is 11.1. The van der Waals surface area contributed by atoms with Crippen LogP contribution in [0, 0.1) is 11.3 Å². The van der Waals surface area contributed by atoms with Crippen LogP contribution in [0.1, 0.15) is 33.1 Å². The minimum absolute atomic E-state index is 0.0181. The number of rotatable bonds is 4. The highest BCUT2D eigenvalue weighted by atomic mass is 16.5. The molecule has 0 spiro atoms. The van der Waals surface area contributed by atoms with Crippen LogP contribution in [0.3, 0.4) is 0 Å². The van der Waals surface area contributed by atoms with Gasteiger partial charge in [-0.05, 0) is 17.8 Å². The third-order valence-electron chi connectivity index (χ3n) is 3.12. The molecule has 0 aromatic rings. The second-order valence-corrected chi connectivity index (χ2v) is 4.68. The van der Waals surface area contributed by atoms with Crippen LogP contribution in [0.15, 0.2) is 11.6 Å². The molecule has 0 saturated heterocycles. The molecular formula is C12H18O3. The van der Waals surface area contributed by atoms with Gasteiger partial charge in [0.25, 0.3) is 0 Å². The minimum Gasteiger partial charge on any atom is -0.469 e. The van der Waals surface area contributed by atoms with E-state index in [1.165, 1.54) is 7.11 Å². The zero-order chi connectivity index (χ0) is 11.5. The van der Waals surface area contributed by atoms with Crippen molar-refractivity contribution >= 4 is 12.3 Å². The Morgan fingerprint density at radius 3 is 2.87 bits per heavy atom.